The van der Waals surface area contributed by atoms with Crippen LogP contribution in [0.25, 0.3) is 0 Å². The minimum absolute atomic E-state index is 0.0324. The maximum Gasteiger partial charge on any atom is 0.206 e. The number of nitrogens with two attached hydrogens (primary N) is 1. The van der Waals surface area contributed by atoms with Gasteiger partial charge in [-0.15, -0.1) is 0 Å². The van der Waals surface area contributed by atoms with Gasteiger partial charge in [0.05, 0.1) is 6.61 Å². The predicted octanol–water partition coefficient (Wildman–Crippen LogP) is 3.14. The van der Waals surface area contributed by atoms with Crippen molar-refractivity contribution in [3.05, 3.63) is 29.1 Å². The average molecular weight is 295 g/mol. The Morgan fingerprint density at radius 2 is 1.35 bits per heavy atom. The second-order valence-electron chi connectivity index (χ2n) is 4.90. The summed E-state index contributed by atoms with van der Waals surface area (Å²) in [7, 11) is 0. The minimum atomic E-state index is -2.19. The first-order chi connectivity index (χ1) is 9.47. The van der Waals surface area contributed by atoms with Crippen LogP contribution in [0.3, 0.4) is 0 Å². The Kier molecular flexibility index (Phi) is 4.47. The van der Waals surface area contributed by atoms with Gasteiger partial charge in [-0.2, -0.15) is 8.78 Å². The zero-order chi connectivity index (χ0) is 14.9. The van der Waals surface area contributed by atoms with Crippen molar-refractivity contribution < 1.29 is 26.7 Å². The van der Waals surface area contributed by atoms with Crippen LogP contribution in [-0.2, 0) is 0 Å². The summed E-state index contributed by atoms with van der Waals surface area (Å²) in [5.74, 6) is -11.2. The molecule has 7 heteroatoms. The molecule has 0 amide bonds. The van der Waals surface area contributed by atoms with E-state index in [2.05, 4.69) is 0 Å². The Balaban J connectivity index is 2.18. The van der Waals surface area contributed by atoms with Crippen molar-refractivity contribution in [3.8, 4) is 5.75 Å². The summed E-state index contributed by atoms with van der Waals surface area (Å²) in [5, 5.41) is 0. The van der Waals surface area contributed by atoms with E-state index >= 15 is 0 Å². The van der Waals surface area contributed by atoms with Crippen molar-refractivity contribution in [2.75, 3.05) is 13.2 Å². The monoisotopic (exact) mass is 295 g/mol. The SMILES string of the molecule is NCC1CCCC1COc1c(F)c(F)c(F)c(F)c1F. The van der Waals surface area contributed by atoms with Crippen molar-refractivity contribution >= 4 is 0 Å². The highest BCUT2D eigenvalue weighted by atomic mass is 19.2. The molecule has 1 fully saturated rings. The summed E-state index contributed by atoms with van der Waals surface area (Å²) >= 11 is 0. The molecule has 1 aliphatic rings. The van der Waals surface area contributed by atoms with Gasteiger partial charge in [-0.1, -0.05) is 6.42 Å². The number of hydrogen-bond donors (Lipinski definition) is 1. The van der Waals surface area contributed by atoms with Gasteiger partial charge in [0.2, 0.25) is 29.1 Å². The molecule has 1 saturated carbocycles. The first-order valence-corrected chi connectivity index (χ1v) is 6.31. The third-order valence-corrected chi connectivity index (χ3v) is 3.73. The maximum absolute atomic E-state index is 13.4. The van der Waals surface area contributed by atoms with Gasteiger partial charge in [-0.25, -0.2) is 13.2 Å². The maximum atomic E-state index is 13.4. The van der Waals surface area contributed by atoms with E-state index in [1.54, 1.807) is 0 Å². The lowest BCUT2D eigenvalue weighted by molar-refractivity contribution is 0.194. The summed E-state index contributed by atoms with van der Waals surface area (Å²) in [6.07, 6.45) is 2.55. The lowest BCUT2D eigenvalue weighted by atomic mass is 9.97. The van der Waals surface area contributed by atoms with E-state index in [0.717, 1.165) is 19.3 Å². The van der Waals surface area contributed by atoms with E-state index in [1.165, 1.54) is 0 Å². The lowest BCUT2D eigenvalue weighted by Crippen LogP contribution is -2.24. The molecule has 2 nitrogen and oxygen atoms in total. The minimum Gasteiger partial charge on any atom is -0.487 e. The fraction of sp³-hybridized carbons (Fsp3) is 0.538. The van der Waals surface area contributed by atoms with E-state index in [-0.39, 0.29) is 18.4 Å². The van der Waals surface area contributed by atoms with E-state index in [9.17, 15) is 22.0 Å². The molecule has 2 unspecified atom stereocenters. The third-order valence-electron chi connectivity index (χ3n) is 3.73. The zero-order valence-corrected chi connectivity index (χ0v) is 10.6. The smallest absolute Gasteiger partial charge is 0.206 e. The molecule has 1 aliphatic carbocycles. The van der Waals surface area contributed by atoms with Gasteiger partial charge in [0.1, 0.15) is 0 Å². The molecule has 0 saturated heterocycles. The van der Waals surface area contributed by atoms with Crippen LogP contribution in [-0.4, -0.2) is 13.2 Å². The molecule has 2 rings (SSSR count). The van der Waals surface area contributed by atoms with Crippen molar-refractivity contribution in [1.29, 1.82) is 0 Å². The van der Waals surface area contributed by atoms with E-state index in [0.29, 0.717) is 6.54 Å². The molecule has 0 radical (unpaired) electrons. The first-order valence-electron chi connectivity index (χ1n) is 6.31. The van der Waals surface area contributed by atoms with Gasteiger partial charge >= 0.3 is 0 Å². The first kappa shape index (κ1) is 15.0. The summed E-state index contributed by atoms with van der Waals surface area (Å²) < 4.78 is 70.4. The normalized spacial score (nSPS) is 22.3. The Hall–Kier alpha value is -1.37. The molecule has 0 heterocycles. The molecule has 2 atom stereocenters. The summed E-state index contributed by atoms with van der Waals surface area (Å²) in [6.45, 7) is 0.297. The molecular weight excluding hydrogens is 281 g/mol. The number of hydrogen-bond acceptors (Lipinski definition) is 2. The molecule has 1 aromatic rings. The van der Waals surface area contributed by atoms with Crippen LogP contribution in [0.4, 0.5) is 22.0 Å². The molecule has 20 heavy (non-hydrogen) atoms. The second-order valence-corrected chi connectivity index (χ2v) is 4.90. The molecule has 0 bridgehead atoms. The summed E-state index contributed by atoms with van der Waals surface area (Å²) in [6, 6.07) is 0. The zero-order valence-electron chi connectivity index (χ0n) is 10.6. The highest BCUT2D eigenvalue weighted by Crippen LogP contribution is 2.34. The molecule has 0 aliphatic heterocycles. The molecule has 2 N–H and O–H groups in total. The van der Waals surface area contributed by atoms with Crippen LogP contribution < -0.4 is 10.5 Å². The number of ether oxygens (including phenoxy) is 1. The molecule has 0 aromatic heterocycles. The van der Waals surface area contributed by atoms with Crippen molar-refractivity contribution in [1.82, 2.24) is 0 Å². The van der Waals surface area contributed by atoms with Gasteiger partial charge in [0, 0.05) is 0 Å². The van der Waals surface area contributed by atoms with Crippen molar-refractivity contribution in [2.45, 2.75) is 19.3 Å². The topological polar surface area (TPSA) is 35.2 Å². The predicted molar refractivity (Wildman–Crippen MR) is 61.6 cm³/mol. The Morgan fingerprint density at radius 3 is 1.90 bits per heavy atom. The van der Waals surface area contributed by atoms with Crippen LogP contribution in [0.1, 0.15) is 19.3 Å². The number of benzene rings is 1. The van der Waals surface area contributed by atoms with E-state index in [1.807, 2.05) is 0 Å². The molecular formula is C13H14F5NO. The quantitative estimate of drug-likeness (QED) is 0.526. The van der Waals surface area contributed by atoms with Gasteiger partial charge in [-0.05, 0) is 31.2 Å². The lowest BCUT2D eigenvalue weighted by Gasteiger charge is -2.19. The van der Waals surface area contributed by atoms with Gasteiger partial charge < -0.3 is 10.5 Å². The van der Waals surface area contributed by atoms with Gasteiger partial charge in [-0.3, -0.25) is 0 Å². The second kappa shape index (κ2) is 5.95. The number of halogens is 5. The highest BCUT2D eigenvalue weighted by Gasteiger charge is 2.30. The van der Waals surface area contributed by atoms with E-state index < -0.39 is 34.8 Å². The molecule has 112 valence electrons. The fourth-order valence-corrected chi connectivity index (χ4v) is 2.55. The van der Waals surface area contributed by atoms with Crippen molar-refractivity contribution in [2.24, 2.45) is 17.6 Å². The van der Waals surface area contributed by atoms with Crippen LogP contribution >= 0.6 is 0 Å². The third kappa shape index (κ3) is 2.59. The largest absolute Gasteiger partial charge is 0.487 e. The Bertz CT molecular complexity index is 479. The summed E-state index contributed by atoms with van der Waals surface area (Å²) in [4.78, 5) is 0. The Labute approximate surface area is 112 Å². The van der Waals surface area contributed by atoms with Crippen LogP contribution in [0, 0.1) is 40.9 Å². The van der Waals surface area contributed by atoms with Crippen LogP contribution in [0.5, 0.6) is 5.75 Å². The fourth-order valence-electron chi connectivity index (χ4n) is 2.55. The van der Waals surface area contributed by atoms with Crippen molar-refractivity contribution in [3.63, 3.8) is 0 Å². The van der Waals surface area contributed by atoms with Crippen LogP contribution in [0.15, 0.2) is 0 Å². The molecule has 1 aromatic carbocycles. The Morgan fingerprint density at radius 1 is 0.850 bits per heavy atom. The van der Waals surface area contributed by atoms with Crippen LogP contribution in [0.2, 0.25) is 0 Å². The average Bonchev–Trinajstić information content (AvgIpc) is 2.90. The van der Waals surface area contributed by atoms with Gasteiger partial charge in [0.15, 0.2) is 5.75 Å². The van der Waals surface area contributed by atoms with E-state index in [4.69, 9.17) is 10.5 Å². The highest BCUT2D eigenvalue weighted by molar-refractivity contribution is 5.29. The summed E-state index contributed by atoms with van der Waals surface area (Å²) in [5.41, 5.74) is 5.55. The number of rotatable bonds is 4. The van der Waals surface area contributed by atoms with Gasteiger partial charge in [0.25, 0.3) is 0 Å². The standard InChI is InChI=1S/C13H14F5NO/c14-8-9(15)11(17)13(12(18)10(8)16)20-5-7-3-1-2-6(7)4-19/h6-7H,1-5,19H2. The molecule has 0 spiro atoms.